The van der Waals surface area contributed by atoms with Crippen molar-refractivity contribution in [2.75, 3.05) is 20.3 Å². The van der Waals surface area contributed by atoms with Crippen molar-refractivity contribution in [3.05, 3.63) is 65.6 Å². The molecular formula is C27H35N3O4. The fourth-order valence-electron chi connectivity index (χ4n) is 4.30. The van der Waals surface area contributed by atoms with Crippen LogP contribution in [0.5, 0.6) is 5.75 Å². The number of pyridine rings is 1. The van der Waals surface area contributed by atoms with E-state index in [0.717, 1.165) is 32.1 Å². The number of imidazole rings is 1. The number of carbonyl (C=O) groups excluding carboxylic acids is 2. The summed E-state index contributed by atoms with van der Waals surface area (Å²) in [5, 5.41) is 3.06. The van der Waals surface area contributed by atoms with Gasteiger partial charge in [-0.05, 0) is 63.1 Å². The van der Waals surface area contributed by atoms with E-state index in [2.05, 4.69) is 34.6 Å². The molecule has 2 aromatic heterocycles. The lowest BCUT2D eigenvalue weighted by molar-refractivity contribution is -0.140. The maximum Gasteiger partial charge on any atom is 0.305 e. The Bertz CT molecular complexity index is 1080. The largest absolute Gasteiger partial charge is 0.490 e. The number of fused-ring (bicyclic) bond motifs is 1. The number of ether oxygens (including phenoxy) is 2. The average Bonchev–Trinajstić information content (AvgIpc) is 3.20. The molecule has 3 rings (SSSR count). The van der Waals surface area contributed by atoms with Gasteiger partial charge in [0.25, 0.3) is 5.91 Å². The molecule has 182 valence electrons. The lowest BCUT2D eigenvalue weighted by atomic mass is 9.89. The highest BCUT2D eigenvalue weighted by atomic mass is 16.5. The standard InChI is InChI=1S/C27H35N3O4/c1-4-34-23-16-11-19-30-25(20(2)29-26(23)30)27(32)28-18-10-15-22(21-12-6-5-7-13-21)14-8-9-17-24(31)33-3/h5-7,11-13,16,19,22H,4,8-10,14-15,17-18H2,1-3H3,(H,28,32). The number of amides is 1. The number of benzene rings is 1. The summed E-state index contributed by atoms with van der Waals surface area (Å²) in [5.41, 5.74) is 3.17. The van der Waals surface area contributed by atoms with E-state index >= 15 is 0 Å². The number of hydrogen-bond donors (Lipinski definition) is 1. The summed E-state index contributed by atoms with van der Waals surface area (Å²) in [5.74, 6) is 0.773. The highest BCUT2D eigenvalue weighted by Crippen LogP contribution is 2.27. The normalized spacial score (nSPS) is 11.9. The lowest BCUT2D eigenvalue weighted by Gasteiger charge is -2.17. The molecule has 1 amide bonds. The van der Waals surface area contributed by atoms with Crippen molar-refractivity contribution < 1.29 is 19.1 Å². The second-order valence-corrected chi connectivity index (χ2v) is 8.37. The van der Waals surface area contributed by atoms with Crippen LogP contribution in [-0.2, 0) is 9.53 Å². The van der Waals surface area contributed by atoms with E-state index in [4.69, 9.17) is 9.47 Å². The predicted molar refractivity (Wildman–Crippen MR) is 132 cm³/mol. The van der Waals surface area contributed by atoms with E-state index in [-0.39, 0.29) is 11.9 Å². The van der Waals surface area contributed by atoms with Gasteiger partial charge in [-0.2, -0.15) is 0 Å². The number of carbonyl (C=O) groups is 2. The molecule has 0 saturated heterocycles. The molecule has 0 bridgehead atoms. The van der Waals surface area contributed by atoms with Gasteiger partial charge < -0.3 is 14.8 Å². The summed E-state index contributed by atoms with van der Waals surface area (Å²) in [4.78, 5) is 28.9. The second-order valence-electron chi connectivity index (χ2n) is 8.37. The zero-order chi connectivity index (χ0) is 24.3. The minimum atomic E-state index is -0.157. The van der Waals surface area contributed by atoms with Crippen LogP contribution in [0.2, 0.25) is 0 Å². The summed E-state index contributed by atoms with van der Waals surface area (Å²) >= 11 is 0. The number of methoxy groups -OCH3 is 1. The average molecular weight is 466 g/mol. The van der Waals surface area contributed by atoms with E-state index in [0.29, 0.717) is 48.3 Å². The van der Waals surface area contributed by atoms with Crippen LogP contribution in [0, 0.1) is 6.92 Å². The van der Waals surface area contributed by atoms with Crippen LogP contribution < -0.4 is 10.1 Å². The first-order valence-electron chi connectivity index (χ1n) is 12.1. The first kappa shape index (κ1) is 25.3. The summed E-state index contributed by atoms with van der Waals surface area (Å²) < 4.78 is 12.2. The molecule has 0 aliphatic heterocycles. The van der Waals surface area contributed by atoms with Crippen molar-refractivity contribution >= 4 is 17.5 Å². The molecule has 3 aromatic rings. The van der Waals surface area contributed by atoms with Crippen LogP contribution in [0.4, 0.5) is 0 Å². The van der Waals surface area contributed by atoms with Crippen LogP contribution in [0.3, 0.4) is 0 Å². The number of nitrogens with zero attached hydrogens (tertiary/aromatic N) is 2. The third kappa shape index (κ3) is 6.59. The maximum absolute atomic E-state index is 13.0. The van der Waals surface area contributed by atoms with Gasteiger partial charge in [-0.1, -0.05) is 36.8 Å². The van der Waals surface area contributed by atoms with Crippen LogP contribution in [-0.4, -0.2) is 41.5 Å². The van der Waals surface area contributed by atoms with Gasteiger partial charge >= 0.3 is 5.97 Å². The zero-order valence-corrected chi connectivity index (χ0v) is 20.4. The highest BCUT2D eigenvalue weighted by molar-refractivity contribution is 5.94. The van der Waals surface area contributed by atoms with Crippen molar-refractivity contribution in [1.29, 1.82) is 0 Å². The molecule has 1 aromatic carbocycles. The van der Waals surface area contributed by atoms with Gasteiger partial charge in [-0.3, -0.25) is 14.0 Å². The van der Waals surface area contributed by atoms with Crippen molar-refractivity contribution in [2.24, 2.45) is 0 Å². The van der Waals surface area contributed by atoms with Gasteiger partial charge in [-0.25, -0.2) is 4.98 Å². The van der Waals surface area contributed by atoms with Gasteiger partial charge in [-0.15, -0.1) is 0 Å². The SMILES string of the molecule is CCOc1cccn2c(C(=O)NCCCC(CCCCC(=O)OC)c3ccccc3)c(C)nc12. The lowest BCUT2D eigenvalue weighted by Crippen LogP contribution is -2.26. The van der Waals surface area contributed by atoms with Crippen molar-refractivity contribution in [3.8, 4) is 5.75 Å². The number of esters is 1. The minimum Gasteiger partial charge on any atom is -0.490 e. The van der Waals surface area contributed by atoms with Gasteiger partial charge in [0.1, 0.15) is 5.69 Å². The summed E-state index contributed by atoms with van der Waals surface area (Å²) in [7, 11) is 1.43. The predicted octanol–water partition coefficient (Wildman–Crippen LogP) is 5.07. The van der Waals surface area contributed by atoms with Crippen LogP contribution in [0.25, 0.3) is 5.65 Å². The third-order valence-corrected chi connectivity index (χ3v) is 6.00. The molecule has 0 aliphatic carbocycles. The number of unbranched alkanes of at least 4 members (excludes halogenated alkanes) is 1. The van der Waals surface area contributed by atoms with Crippen molar-refractivity contribution in [2.45, 2.75) is 58.3 Å². The molecule has 0 spiro atoms. The number of aromatic nitrogens is 2. The van der Waals surface area contributed by atoms with E-state index in [1.807, 2.05) is 38.2 Å². The van der Waals surface area contributed by atoms with E-state index in [1.54, 1.807) is 4.40 Å². The molecule has 0 saturated carbocycles. The summed E-state index contributed by atoms with van der Waals surface area (Å²) in [6.07, 6.45) is 6.91. The van der Waals surface area contributed by atoms with Gasteiger partial charge in [0.15, 0.2) is 11.4 Å². The molecule has 1 N–H and O–H groups in total. The zero-order valence-electron chi connectivity index (χ0n) is 20.4. The molecule has 7 heteroatoms. The quantitative estimate of drug-likeness (QED) is 0.282. The van der Waals surface area contributed by atoms with Crippen LogP contribution in [0.1, 0.15) is 73.1 Å². The third-order valence-electron chi connectivity index (χ3n) is 6.00. The molecule has 0 radical (unpaired) electrons. The Labute approximate surface area is 201 Å². The number of rotatable bonds is 13. The first-order valence-corrected chi connectivity index (χ1v) is 12.1. The van der Waals surface area contributed by atoms with Crippen molar-refractivity contribution in [1.82, 2.24) is 14.7 Å². The first-order chi connectivity index (χ1) is 16.5. The fraction of sp³-hybridized carbons (Fsp3) is 0.444. The summed E-state index contributed by atoms with van der Waals surface area (Å²) in [6, 6.07) is 14.2. The Kier molecular flexibility index (Phi) is 9.50. The Morgan fingerprint density at radius 2 is 1.82 bits per heavy atom. The topological polar surface area (TPSA) is 81.9 Å². The molecule has 0 fully saturated rings. The molecule has 1 atom stereocenters. The Balaban J connectivity index is 1.56. The van der Waals surface area contributed by atoms with Gasteiger partial charge in [0, 0.05) is 19.2 Å². The molecular weight excluding hydrogens is 430 g/mol. The molecule has 2 heterocycles. The molecule has 34 heavy (non-hydrogen) atoms. The van der Waals surface area contributed by atoms with Crippen LogP contribution in [0.15, 0.2) is 48.7 Å². The Hall–Kier alpha value is -3.35. The van der Waals surface area contributed by atoms with Crippen LogP contribution >= 0.6 is 0 Å². The van der Waals surface area contributed by atoms with E-state index < -0.39 is 0 Å². The van der Waals surface area contributed by atoms with E-state index in [9.17, 15) is 9.59 Å². The fourth-order valence-corrected chi connectivity index (χ4v) is 4.30. The molecule has 1 unspecified atom stereocenters. The number of hydrogen-bond acceptors (Lipinski definition) is 5. The second kappa shape index (κ2) is 12.8. The molecule has 7 nitrogen and oxygen atoms in total. The van der Waals surface area contributed by atoms with Gasteiger partial charge in [0.05, 0.1) is 19.4 Å². The Morgan fingerprint density at radius 3 is 2.56 bits per heavy atom. The summed E-state index contributed by atoms with van der Waals surface area (Å²) in [6.45, 7) is 4.90. The smallest absolute Gasteiger partial charge is 0.305 e. The number of aryl methyl sites for hydroxylation is 1. The van der Waals surface area contributed by atoms with E-state index in [1.165, 1.54) is 12.7 Å². The highest BCUT2D eigenvalue weighted by Gasteiger charge is 2.19. The monoisotopic (exact) mass is 465 g/mol. The number of nitrogens with one attached hydrogen (secondary N) is 1. The molecule has 0 aliphatic rings. The van der Waals surface area contributed by atoms with Gasteiger partial charge in [0.2, 0.25) is 0 Å². The van der Waals surface area contributed by atoms with Crippen molar-refractivity contribution in [3.63, 3.8) is 0 Å². The minimum absolute atomic E-state index is 0.131. The maximum atomic E-state index is 13.0. The Morgan fingerprint density at radius 1 is 1.06 bits per heavy atom.